The Morgan fingerprint density at radius 3 is 2.75 bits per heavy atom. The Bertz CT molecular complexity index is 377. The van der Waals surface area contributed by atoms with Crippen molar-refractivity contribution >= 4 is 0 Å². The third-order valence-corrected chi connectivity index (χ3v) is 2.69. The maximum atomic E-state index is 9.63. The number of ether oxygens (including phenoxy) is 3. The van der Waals surface area contributed by atoms with E-state index in [0.29, 0.717) is 22.8 Å². The molecule has 0 aliphatic carbocycles. The maximum Gasteiger partial charge on any atom is 0.131 e. The summed E-state index contributed by atoms with van der Waals surface area (Å²) in [5, 5.41) is 9.63. The molecule has 0 spiro atoms. The lowest BCUT2D eigenvalue weighted by Gasteiger charge is -2.29. The average molecular weight is 225 g/mol. The van der Waals surface area contributed by atoms with Crippen molar-refractivity contribution in [3.8, 4) is 17.2 Å². The van der Waals surface area contributed by atoms with E-state index in [1.165, 1.54) is 0 Å². The number of rotatable bonds is 2. The minimum Gasteiger partial charge on any atom is -0.496 e. The van der Waals surface area contributed by atoms with Gasteiger partial charge in [-0.1, -0.05) is 0 Å². The van der Waals surface area contributed by atoms with Crippen molar-refractivity contribution < 1.29 is 19.3 Å². The van der Waals surface area contributed by atoms with E-state index in [1.54, 1.807) is 26.4 Å². The zero-order valence-corrected chi connectivity index (χ0v) is 9.27. The number of fused-ring (bicyclic) bond motifs is 1. The average Bonchev–Trinajstić information content (AvgIpc) is 2.32. The van der Waals surface area contributed by atoms with Crippen LogP contribution in [-0.2, 0) is 0 Å². The Morgan fingerprint density at radius 1 is 1.38 bits per heavy atom. The molecule has 3 N–H and O–H groups in total. The summed E-state index contributed by atoms with van der Waals surface area (Å²) >= 11 is 0. The predicted octanol–water partition coefficient (Wildman–Crippen LogP) is 0.457. The fourth-order valence-electron chi connectivity index (χ4n) is 1.78. The molecule has 0 saturated heterocycles. The molecule has 2 atom stereocenters. The highest BCUT2D eigenvalue weighted by Crippen LogP contribution is 2.41. The van der Waals surface area contributed by atoms with Crippen LogP contribution in [0.3, 0.4) is 0 Å². The van der Waals surface area contributed by atoms with Crippen molar-refractivity contribution in [3.05, 3.63) is 17.7 Å². The van der Waals surface area contributed by atoms with Crippen molar-refractivity contribution in [1.82, 2.24) is 0 Å². The van der Waals surface area contributed by atoms with Crippen LogP contribution in [0.15, 0.2) is 12.1 Å². The number of aliphatic hydroxyl groups is 1. The van der Waals surface area contributed by atoms with Gasteiger partial charge in [-0.25, -0.2) is 0 Å². The summed E-state index contributed by atoms with van der Waals surface area (Å²) in [6, 6.07) is 2.97. The first-order valence-corrected chi connectivity index (χ1v) is 4.99. The Labute approximate surface area is 93.7 Å². The third kappa shape index (κ3) is 1.68. The number of hydrogen-bond acceptors (Lipinski definition) is 5. The van der Waals surface area contributed by atoms with Crippen molar-refractivity contribution in [2.75, 3.05) is 20.8 Å². The van der Waals surface area contributed by atoms with Gasteiger partial charge in [-0.3, -0.25) is 0 Å². The van der Waals surface area contributed by atoms with Crippen LogP contribution < -0.4 is 19.9 Å². The molecule has 0 amide bonds. The van der Waals surface area contributed by atoms with Crippen LogP contribution in [0.1, 0.15) is 11.6 Å². The molecule has 1 aromatic carbocycles. The van der Waals surface area contributed by atoms with Crippen molar-refractivity contribution in [3.63, 3.8) is 0 Å². The SMILES string of the molecule is COc1cc(OC)c2c(c1)OC[C@@H](O)[C@H]2N. The van der Waals surface area contributed by atoms with E-state index in [-0.39, 0.29) is 6.61 Å². The fraction of sp³-hybridized carbons (Fsp3) is 0.455. The van der Waals surface area contributed by atoms with Gasteiger partial charge >= 0.3 is 0 Å². The zero-order chi connectivity index (χ0) is 11.7. The summed E-state index contributed by atoms with van der Waals surface area (Å²) in [4.78, 5) is 0. The van der Waals surface area contributed by atoms with Gasteiger partial charge in [0.1, 0.15) is 30.0 Å². The zero-order valence-electron chi connectivity index (χ0n) is 9.27. The van der Waals surface area contributed by atoms with Crippen LogP contribution in [0, 0.1) is 0 Å². The smallest absolute Gasteiger partial charge is 0.131 e. The fourth-order valence-corrected chi connectivity index (χ4v) is 1.78. The summed E-state index contributed by atoms with van der Waals surface area (Å²) in [5.74, 6) is 1.81. The molecule has 5 heteroatoms. The molecule has 88 valence electrons. The first kappa shape index (κ1) is 11.0. The molecule has 16 heavy (non-hydrogen) atoms. The first-order chi connectivity index (χ1) is 7.67. The molecule has 0 bridgehead atoms. The van der Waals surface area contributed by atoms with Crippen LogP contribution >= 0.6 is 0 Å². The molecule has 0 fully saturated rings. The minimum absolute atomic E-state index is 0.185. The molecule has 1 aliphatic rings. The van der Waals surface area contributed by atoms with Gasteiger partial charge in [0.05, 0.1) is 25.8 Å². The van der Waals surface area contributed by atoms with Gasteiger partial charge in [-0.2, -0.15) is 0 Å². The topological polar surface area (TPSA) is 73.9 Å². The normalized spacial score (nSPS) is 23.2. The molecule has 1 heterocycles. The van der Waals surface area contributed by atoms with Gasteiger partial charge in [0, 0.05) is 12.1 Å². The highest BCUT2D eigenvalue weighted by molar-refractivity contribution is 5.53. The molecule has 2 rings (SSSR count). The van der Waals surface area contributed by atoms with E-state index >= 15 is 0 Å². The lowest BCUT2D eigenvalue weighted by Crippen LogP contribution is -2.36. The Hall–Kier alpha value is -1.46. The molecular weight excluding hydrogens is 210 g/mol. The highest BCUT2D eigenvalue weighted by atomic mass is 16.5. The highest BCUT2D eigenvalue weighted by Gasteiger charge is 2.30. The summed E-state index contributed by atoms with van der Waals surface area (Å²) in [5.41, 5.74) is 6.59. The second-order valence-electron chi connectivity index (χ2n) is 3.65. The monoisotopic (exact) mass is 225 g/mol. The standard InChI is InChI=1S/C11H15NO4/c1-14-6-3-8(15-2)10-9(4-6)16-5-7(13)11(10)12/h3-4,7,11,13H,5,12H2,1-2H3/t7-,11-/m1/s1. The summed E-state index contributed by atoms with van der Waals surface area (Å²) in [7, 11) is 3.11. The van der Waals surface area contributed by atoms with E-state index in [4.69, 9.17) is 19.9 Å². The molecule has 0 saturated carbocycles. The number of benzene rings is 1. The number of nitrogens with two attached hydrogens (primary N) is 1. The second kappa shape index (κ2) is 4.19. The largest absolute Gasteiger partial charge is 0.496 e. The van der Waals surface area contributed by atoms with Gasteiger partial charge in [0.15, 0.2) is 0 Å². The second-order valence-corrected chi connectivity index (χ2v) is 3.65. The Kier molecular flexibility index (Phi) is 2.89. The quantitative estimate of drug-likeness (QED) is 0.764. The number of hydrogen-bond donors (Lipinski definition) is 2. The molecular formula is C11H15NO4. The van der Waals surface area contributed by atoms with Crippen molar-refractivity contribution in [2.45, 2.75) is 12.1 Å². The third-order valence-electron chi connectivity index (χ3n) is 2.69. The van der Waals surface area contributed by atoms with Gasteiger partial charge < -0.3 is 25.1 Å². The van der Waals surface area contributed by atoms with Crippen LogP contribution in [0.5, 0.6) is 17.2 Å². The van der Waals surface area contributed by atoms with Crippen molar-refractivity contribution in [2.24, 2.45) is 5.73 Å². The van der Waals surface area contributed by atoms with Crippen LogP contribution in [0.25, 0.3) is 0 Å². The summed E-state index contributed by atoms with van der Waals surface area (Å²) in [6.45, 7) is 0.185. The van der Waals surface area contributed by atoms with E-state index in [1.807, 2.05) is 0 Å². The van der Waals surface area contributed by atoms with E-state index < -0.39 is 12.1 Å². The first-order valence-electron chi connectivity index (χ1n) is 4.99. The molecule has 1 aliphatic heterocycles. The predicted molar refractivity (Wildman–Crippen MR) is 58.0 cm³/mol. The summed E-state index contributed by atoms with van der Waals surface area (Å²) in [6.07, 6.45) is -0.713. The number of methoxy groups -OCH3 is 2. The Morgan fingerprint density at radius 2 is 2.12 bits per heavy atom. The minimum atomic E-state index is -0.713. The number of aliphatic hydroxyl groups excluding tert-OH is 1. The van der Waals surface area contributed by atoms with E-state index in [0.717, 1.165) is 0 Å². The molecule has 0 aromatic heterocycles. The summed E-state index contributed by atoms with van der Waals surface area (Å²) < 4.78 is 15.7. The van der Waals surface area contributed by atoms with Gasteiger partial charge in [-0.05, 0) is 0 Å². The van der Waals surface area contributed by atoms with Gasteiger partial charge in [-0.15, -0.1) is 0 Å². The lowest BCUT2D eigenvalue weighted by atomic mass is 9.98. The molecule has 0 radical (unpaired) electrons. The van der Waals surface area contributed by atoms with E-state index in [9.17, 15) is 5.11 Å². The van der Waals surface area contributed by atoms with Gasteiger partial charge in [0.2, 0.25) is 0 Å². The van der Waals surface area contributed by atoms with Crippen LogP contribution in [0.4, 0.5) is 0 Å². The lowest BCUT2D eigenvalue weighted by molar-refractivity contribution is 0.0662. The molecule has 5 nitrogen and oxygen atoms in total. The molecule has 1 aromatic rings. The van der Waals surface area contributed by atoms with Gasteiger partial charge in [0.25, 0.3) is 0 Å². The van der Waals surface area contributed by atoms with Crippen molar-refractivity contribution in [1.29, 1.82) is 0 Å². The van der Waals surface area contributed by atoms with E-state index in [2.05, 4.69) is 0 Å². The van der Waals surface area contributed by atoms with Crippen LogP contribution in [0.2, 0.25) is 0 Å². The maximum absolute atomic E-state index is 9.63. The molecule has 0 unspecified atom stereocenters. The Balaban J connectivity index is 2.52. The van der Waals surface area contributed by atoms with Crippen LogP contribution in [-0.4, -0.2) is 32.0 Å².